The second kappa shape index (κ2) is 9.78. The van der Waals surface area contributed by atoms with Gasteiger partial charge < -0.3 is 9.88 Å². The van der Waals surface area contributed by atoms with Gasteiger partial charge in [-0.25, -0.2) is 4.79 Å². The quantitative estimate of drug-likeness (QED) is 0.350. The lowest BCUT2D eigenvalue weighted by Gasteiger charge is -2.22. The lowest BCUT2D eigenvalue weighted by Crippen LogP contribution is -2.48. The van der Waals surface area contributed by atoms with Crippen molar-refractivity contribution in [1.82, 2.24) is 30.5 Å². The topological polar surface area (TPSA) is 109 Å². The molecule has 1 saturated carbocycles. The molecule has 0 bridgehead atoms. The van der Waals surface area contributed by atoms with Crippen LogP contribution in [0.15, 0.2) is 48.1 Å². The van der Waals surface area contributed by atoms with Gasteiger partial charge in [0.25, 0.3) is 5.91 Å². The average molecular weight is 469 g/mol. The van der Waals surface area contributed by atoms with Gasteiger partial charge in [-0.3, -0.25) is 15.0 Å². The number of carbonyl (C=O) groups excluding carboxylic acids is 3. The van der Waals surface area contributed by atoms with Crippen LogP contribution in [0.25, 0.3) is 0 Å². The maximum atomic E-state index is 12.9. The summed E-state index contributed by atoms with van der Waals surface area (Å²) in [5.74, 6) is 0.278. The number of hydrogen-bond acceptors (Lipinski definition) is 6. The number of aromatic nitrogens is 3. The zero-order chi connectivity index (χ0) is 23.4. The number of imide groups is 1. The SMILES string of the molecule is C=CCn1c(SCC(=O)NN2C(=O)NC(C)(c3ccccc3)C2=O)nnc1C1CCCCC1. The lowest BCUT2D eigenvalue weighted by molar-refractivity contribution is -0.138. The molecular formula is C23H28N6O3S. The maximum Gasteiger partial charge on any atom is 0.344 e. The number of allylic oxidation sites excluding steroid dienone is 1. The van der Waals surface area contributed by atoms with Crippen molar-refractivity contribution in [1.29, 1.82) is 0 Å². The number of hydrogen-bond donors (Lipinski definition) is 2. The Morgan fingerprint density at radius 3 is 2.67 bits per heavy atom. The van der Waals surface area contributed by atoms with Crippen LogP contribution in [0.5, 0.6) is 0 Å². The first kappa shape index (κ1) is 23.0. The van der Waals surface area contributed by atoms with Crippen molar-refractivity contribution in [2.45, 2.75) is 62.2 Å². The fraction of sp³-hybridized carbons (Fsp3) is 0.435. The number of rotatable bonds is 8. The molecule has 9 nitrogen and oxygen atoms in total. The van der Waals surface area contributed by atoms with Gasteiger partial charge in [-0.1, -0.05) is 67.4 Å². The smallest absolute Gasteiger partial charge is 0.318 e. The van der Waals surface area contributed by atoms with Crippen LogP contribution < -0.4 is 10.7 Å². The number of nitrogens with one attached hydrogen (secondary N) is 2. The summed E-state index contributed by atoms with van der Waals surface area (Å²) < 4.78 is 2.00. The molecule has 1 unspecified atom stereocenters. The standard InChI is InChI=1S/C23H28N6O3S/c1-3-14-28-19(16-10-6-4-7-11-16)25-26-22(28)33-15-18(30)27-29-20(31)23(2,24-21(29)32)17-12-8-5-9-13-17/h3,5,8-9,12-13,16H,1,4,6-7,10-11,14-15H2,2H3,(H,24,32)(H,27,30). The molecular weight excluding hydrogens is 440 g/mol. The molecule has 1 atom stereocenters. The molecule has 0 radical (unpaired) electrons. The molecule has 4 amide bonds. The number of carbonyl (C=O) groups is 3. The summed E-state index contributed by atoms with van der Waals surface area (Å²) in [7, 11) is 0. The van der Waals surface area contributed by atoms with E-state index < -0.39 is 23.4 Å². The summed E-state index contributed by atoms with van der Waals surface area (Å²) in [6, 6.07) is 8.26. The fourth-order valence-electron chi connectivity index (χ4n) is 4.37. The monoisotopic (exact) mass is 468 g/mol. The Bertz CT molecular complexity index is 1050. The molecule has 33 heavy (non-hydrogen) atoms. The lowest BCUT2D eigenvalue weighted by atomic mass is 9.89. The predicted molar refractivity (Wildman–Crippen MR) is 124 cm³/mol. The average Bonchev–Trinajstić information content (AvgIpc) is 3.33. The van der Waals surface area contributed by atoms with E-state index in [1.54, 1.807) is 37.3 Å². The Balaban J connectivity index is 1.40. The van der Waals surface area contributed by atoms with E-state index in [9.17, 15) is 14.4 Å². The van der Waals surface area contributed by atoms with Crippen LogP contribution in [0.2, 0.25) is 0 Å². The third-order valence-electron chi connectivity index (χ3n) is 6.14. The van der Waals surface area contributed by atoms with Crippen LogP contribution in [-0.4, -0.2) is 43.4 Å². The van der Waals surface area contributed by atoms with Crippen LogP contribution in [0, 0.1) is 0 Å². The Morgan fingerprint density at radius 1 is 1.24 bits per heavy atom. The number of hydrazine groups is 1. The van der Waals surface area contributed by atoms with Crippen molar-refractivity contribution in [2.24, 2.45) is 0 Å². The van der Waals surface area contributed by atoms with Gasteiger partial charge >= 0.3 is 6.03 Å². The highest BCUT2D eigenvalue weighted by Gasteiger charge is 2.49. The second-order valence-electron chi connectivity index (χ2n) is 8.46. The Hall–Kier alpha value is -3.14. The third kappa shape index (κ3) is 4.66. The van der Waals surface area contributed by atoms with E-state index in [2.05, 4.69) is 27.5 Å². The van der Waals surface area contributed by atoms with Crippen molar-refractivity contribution in [3.8, 4) is 0 Å². The Kier molecular flexibility index (Phi) is 6.83. The molecule has 2 aromatic rings. The summed E-state index contributed by atoms with van der Waals surface area (Å²) in [5.41, 5.74) is 1.83. The molecule has 1 aromatic carbocycles. The summed E-state index contributed by atoms with van der Waals surface area (Å²) >= 11 is 1.22. The van der Waals surface area contributed by atoms with Gasteiger partial charge in [-0.05, 0) is 25.3 Å². The molecule has 2 fully saturated rings. The van der Waals surface area contributed by atoms with E-state index in [-0.39, 0.29) is 5.75 Å². The molecule has 1 saturated heterocycles. The van der Waals surface area contributed by atoms with Crippen molar-refractivity contribution in [3.63, 3.8) is 0 Å². The molecule has 0 spiro atoms. The largest absolute Gasteiger partial charge is 0.344 e. The Labute approximate surface area is 197 Å². The van der Waals surface area contributed by atoms with Gasteiger partial charge in [0.1, 0.15) is 11.4 Å². The molecule has 2 heterocycles. The van der Waals surface area contributed by atoms with Crippen molar-refractivity contribution < 1.29 is 14.4 Å². The van der Waals surface area contributed by atoms with E-state index >= 15 is 0 Å². The molecule has 2 aliphatic rings. The highest BCUT2D eigenvalue weighted by molar-refractivity contribution is 7.99. The molecule has 1 aromatic heterocycles. The zero-order valence-corrected chi connectivity index (χ0v) is 19.4. The van der Waals surface area contributed by atoms with Gasteiger partial charge in [0.15, 0.2) is 5.16 Å². The molecule has 4 rings (SSSR count). The van der Waals surface area contributed by atoms with E-state index in [1.807, 2.05) is 10.6 Å². The number of urea groups is 1. The summed E-state index contributed by atoms with van der Waals surface area (Å²) in [5, 5.41) is 12.7. The van der Waals surface area contributed by atoms with Crippen molar-refractivity contribution in [2.75, 3.05) is 5.75 Å². The van der Waals surface area contributed by atoms with Crippen LogP contribution in [-0.2, 0) is 21.7 Å². The number of nitrogens with zero attached hydrogens (tertiary/aromatic N) is 4. The summed E-state index contributed by atoms with van der Waals surface area (Å²) in [6.07, 6.45) is 7.59. The highest BCUT2D eigenvalue weighted by Crippen LogP contribution is 2.33. The predicted octanol–water partition coefficient (Wildman–Crippen LogP) is 3.10. The first-order valence-corrected chi connectivity index (χ1v) is 12.1. The minimum Gasteiger partial charge on any atom is -0.318 e. The fourth-order valence-corrected chi connectivity index (χ4v) is 5.11. The summed E-state index contributed by atoms with van der Waals surface area (Å²) in [6.45, 7) is 6.01. The van der Waals surface area contributed by atoms with Gasteiger partial charge in [0.05, 0.1) is 5.75 Å². The normalized spacial score (nSPS) is 21.2. The van der Waals surface area contributed by atoms with Crippen LogP contribution in [0.3, 0.4) is 0 Å². The van der Waals surface area contributed by atoms with Crippen LogP contribution in [0.1, 0.15) is 56.3 Å². The highest BCUT2D eigenvalue weighted by atomic mass is 32.2. The van der Waals surface area contributed by atoms with Crippen molar-refractivity contribution >= 4 is 29.6 Å². The maximum absolute atomic E-state index is 12.9. The van der Waals surface area contributed by atoms with Gasteiger partial charge in [-0.15, -0.1) is 16.8 Å². The molecule has 2 N–H and O–H groups in total. The van der Waals surface area contributed by atoms with E-state index in [4.69, 9.17) is 0 Å². The zero-order valence-electron chi connectivity index (χ0n) is 18.6. The third-order valence-corrected chi connectivity index (χ3v) is 7.11. The Morgan fingerprint density at radius 2 is 1.97 bits per heavy atom. The first-order chi connectivity index (χ1) is 15.9. The van der Waals surface area contributed by atoms with Crippen molar-refractivity contribution in [3.05, 3.63) is 54.4 Å². The van der Waals surface area contributed by atoms with Crippen LogP contribution >= 0.6 is 11.8 Å². The van der Waals surface area contributed by atoms with Gasteiger partial charge in [0.2, 0.25) is 5.91 Å². The van der Waals surface area contributed by atoms with E-state index in [1.165, 1.54) is 31.0 Å². The molecule has 10 heteroatoms. The summed E-state index contributed by atoms with van der Waals surface area (Å²) in [4.78, 5) is 38.0. The van der Waals surface area contributed by atoms with Gasteiger partial charge in [-0.2, -0.15) is 5.01 Å². The molecule has 1 aliphatic heterocycles. The van der Waals surface area contributed by atoms with E-state index in [0.29, 0.717) is 23.2 Å². The first-order valence-electron chi connectivity index (χ1n) is 11.1. The molecule has 174 valence electrons. The minimum atomic E-state index is -1.24. The van der Waals surface area contributed by atoms with E-state index in [0.717, 1.165) is 23.7 Å². The molecule has 1 aliphatic carbocycles. The van der Waals surface area contributed by atoms with Gasteiger partial charge in [0, 0.05) is 12.5 Å². The number of thioether (sulfide) groups is 1. The van der Waals surface area contributed by atoms with Crippen LogP contribution in [0.4, 0.5) is 4.79 Å². The number of amides is 4. The minimum absolute atomic E-state index is 0.0148. The second-order valence-corrected chi connectivity index (χ2v) is 9.40. The number of benzene rings is 1.